The molecule has 3 rings (SSSR count). The summed E-state index contributed by atoms with van der Waals surface area (Å²) in [7, 11) is 0. The summed E-state index contributed by atoms with van der Waals surface area (Å²) < 4.78 is 1.10. The predicted octanol–water partition coefficient (Wildman–Crippen LogP) is 1.99. The number of aromatic nitrogens is 3. The molecule has 0 amide bonds. The van der Waals surface area contributed by atoms with E-state index in [0.29, 0.717) is 10.2 Å². The number of hydrogen-bond donors (Lipinski definition) is 1. The quantitative estimate of drug-likeness (QED) is 0.796. The number of benzene rings is 1. The van der Waals surface area contributed by atoms with Crippen LogP contribution in [-0.2, 0) is 11.3 Å². The number of aliphatic carboxylic acids is 1. The van der Waals surface area contributed by atoms with Crippen LogP contribution in [0.3, 0.4) is 0 Å². The molecule has 1 N–H and O–H groups in total. The Balaban J connectivity index is 2.04. The van der Waals surface area contributed by atoms with Gasteiger partial charge in [0.15, 0.2) is 4.83 Å². The molecule has 0 atom stereocenters. The molecular weight excluding hydrogens is 290 g/mol. The molecule has 0 bridgehead atoms. The van der Waals surface area contributed by atoms with Gasteiger partial charge in [0.1, 0.15) is 0 Å². The molecule has 1 aromatic carbocycles. The average molecular weight is 301 g/mol. The first-order valence-corrected chi connectivity index (χ1v) is 7.11. The van der Waals surface area contributed by atoms with Crippen LogP contribution in [0.2, 0.25) is 0 Å². The highest BCUT2D eigenvalue weighted by atomic mass is 32.1. The number of nitrogens with zero attached hydrogens (tertiary/aromatic N) is 3. The van der Waals surface area contributed by atoms with Crippen molar-refractivity contribution in [1.82, 2.24) is 15.0 Å². The fourth-order valence-electron chi connectivity index (χ4n) is 1.98. The number of rotatable bonds is 4. The van der Waals surface area contributed by atoms with Crippen LogP contribution in [0, 0.1) is 0 Å². The van der Waals surface area contributed by atoms with E-state index in [4.69, 9.17) is 5.11 Å². The van der Waals surface area contributed by atoms with Crippen molar-refractivity contribution in [2.75, 3.05) is 0 Å². The minimum Gasteiger partial charge on any atom is -0.481 e. The molecule has 3 aromatic rings. The van der Waals surface area contributed by atoms with Crippen molar-refractivity contribution in [2.24, 2.45) is 0 Å². The molecule has 0 fully saturated rings. The molecule has 6 nitrogen and oxygen atoms in total. The van der Waals surface area contributed by atoms with Crippen molar-refractivity contribution in [1.29, 1.82) is 0 Å². The number of carboxylic acids is 1. The monoisotopic (exact) mass is 301 g/mol. The van der Waals surface area contributed by atoms with E-state index < -0.39 is 5.97 Å². The van der Waals surface area contributed by atoms with Gasteiger partial charge in [0, 0.05) is 4.88 Å². The first-order valence-electron chi connectivity index (χ1n) is 6.30. The first kappa shape index (κ1) is 13.4. The molecule has 2 heterocycles. The van der Waals surface area contributed by atoms with Crippen LogP contribution in [-0.4, -0.2) is 26.1 Å². The summed E-state index contributed by atoms with van der Waals surface area (Å²) in [5.74, 6) is -0.973. The van der Waals surface area contributed by atoms with Gasteiger partial charge in [-0.15, -0.1) is 16.4 Å². The highest BCUT2D eigenvalue weighted by Crippen LogP contribution is 2.30. The number of fused-ring (bicyclic) bond motifs is 1. The summed E-state index contributed by atoms with van der Waals surface area (Å²) in [4.78, 5) is 24.3. The lowest BCUT2D eigenvalue weighted by Crippen LogP contribution is -2.24. The smallest absolute Gasteiger partial charge is 0.305 e. The van der Waals surface area contributed by atoms with E-state index in [1.54, 1.807) is 6.07 Å². The van der Waals surface area contributed by atoms with E-state index in [-0.39, 0.29) is 18.5 Å². The molecule has 106 valence electrons. The summed E-state index contributed by atoms with van der Waals surface area (Å²) >= 11 is 1.39. The van der Waals surface area contributed by atoms with Crippen LogP contribution >= 0.6 is 11.3 Å². The predicted molar refractivity (Wildman–Crippen MR) is 79.4 cm³/mol. The van der Waals surface area contributed by atoms with Crippen LogP contribution in [0.15, 0.2) is 41.2 Å². The van der Waals surface area contributed by atoms with Crippen molar-refractivity contribution >= 4 is 27.5 Å². The van der Waals surface area contributed by atoms with E-state index in [1.165, 1.54) is 11.3 Å². The van der Waals surface area contributed by atoms with Crippen LogP contribution in [0.1, 0.15) is 6.42 Å². The van der Waals surface area contributed by atoms with Crippen LogP contribution in [0.5, 0.6) is 0 Å². The summed E-state index contributed by atoms with van der Waals surface area (Å²) in [5, 5.41) is 16.9. The van der Waals surface area contributed by atoms with Crippen LogP contribution < -0.4 is 5.56 Å². The third-order valence-electron chi connectivity index (χ3n) is 3.02. The number of hydrogen-bond acceptors (Lipinski definition) is 5. The number of carboxylic acid groups (broad SMARTS) is 1. The van der Waals surface area contributed by atoms with E-state index in [1.807, 2.05) is 30.3 Å². The van der Waals surface area contributed by atoms with E-state index in [2.05, 4.69) is 10.3 Å². The second-order valence-corrected chi connectivity index (χ2v) is 5.49. The lowest BCUT2D eigenvalue weighted by Gasteiger charge is -1.99. The van der Waals surface area contributed by atoms with Gasteiger partial charge in [0.2, 0.25) is 0 Å². The highest BCUT2D eigenvalue weighted by molar-refractivity contribution is 7.21. The minimum atomic E-state index is -0.973. The topological polar surface area (TPSA) is 85.1 Å². The summed E-state index contributed by atoms with van der Waals surface area (Å²) in [6.45, 7) is 0.0215. The number of carbonyl (C=O) groups is 1. The van der Waals surface area contributed by atoms with E-state index in [9.17, 15) is 9.59 Å². The van der Waals surface area contributed by atoms with Crippen molar-refractivity contribution in [3.8, 4) is 10.4 Å². The zero-order chi connectivity index (χ0) is 14.8. The average Bonchev–Trinajstić information content (AvgIpc) is 2.92. The van der Waals surface area contributed by atoms with E-state index in [0.717, 1.165) is 15.1 Å². The van der Waals surface area contributed by atoms with Gasteiger partial charge in [0.25, 0.3) is 5.56 Å². The zero-order valence-electron chi connectivity index (χ0n) is 10.9. The maximum absolute atomic E-state index is 12.3. The van der Waals surface area contributed by atoms with Gasteiger partial charge in [-0.3, -0.25) is 9.59 Å². The molecule has 0 saturated heterocycles. The second-order valence-electron chi connectivity index (χ2n) is 4.46. The molecule has 0 aliphatic carbocycles. The Hall–Kier alpha value is -2.54. The molecule has 0 unspecified atom stereocenters. The molecular formula is C14H11N3O3S. The normalized spacial score (nSPS) is 10.9. The minimum absolute atomic E-state index is 0.0215. The Labute approximate surface area is 123 Å². The van der Waals surface area contributed by atoms with Gasteiger partial charge in [-0.1, -0.05) is 35.5 Å². The molecule has 21 heavy (non-hydrogen) atoms. The molecule has 0 radical (unpaired) electrons. The Morgan fingerprint density at radius 1 is 1.29 bits per heavy atom. The van der Waals surface area contributed by atoms with Crippen molar-refractivity contribution < 1.29 is 9.90 Å². The molecule has 0 aliphatic heterocycles. The van der Waals surface area contributed by atoms with Gasteiger partial charge >= 0.3 is 5.97 Å². The van der Waals surface area contributed by atoms with Gasteiger partial charge in [-0.25, -0.2) is 4.68 Å². The van der Waals surface area contributed by atoms with Crippen molar-refractivity contribution in [3.05, 3.63) is 46.8 Å². The van der Waals surface area contributed by atoms with Gasteiger partial charge in [-0.2, -0.15) is 0 Å². The lowest BCUT2D eigenvalue weighted by molar-refractivity contribution is -0.137. The Bertz CT molecular complexity index is 855. The number of aryl methyl sites for hydroxylation is 1. The Kier molecular flexibility index (Phi) is 3.49. The largest absolute Gasteiger partial charge is 0.481 e. The fourth-order valence-corrected chi connectivity index (χ4v) is 2.95. The zero-order valence-corrected chi connectivity index (χ0v) is 11.7. The SMILES string of the molecule is O=C(O)CCn1nnc2sc(-c3ccccc3)cc2c1=O. The number of thiophene rings is 1. The molecule has 7 heteroatoms. The summed E-state index contributed by atoms with van der Waals surface area (Å²) in [5.41, 5.74) is 0.705. The van der Waals surface area contributed by atoms with E-state index >= 15 is 0 Å². The van der Waals surface area contributed by atoms with Gasteiger partial charge < -0.3 is 5.11 Å². The van der Waals surface area contributed by atoms with Crippen LogP contribution in [0.4, 0.5) is 0 Å². The summed E-state index contributed by atoms with van der Waals surface area (Å²) in [6.07, 6.45) is -0.157. The lowest BCUT2D eigenvalue weighted by atomic mass is 10.2. The van der Waals surface area contributed by atoms with Gasteiger partial charge in [-0.05, 0) is 11.6 Å². The summed E-state index contributed by atoms with van der Waals surface area (Å²) in [6, 6.07) is 11.5. The van der Waals surface area contributed by atoms with Crippen LogP contribution in [0.25, 0.3) is 20.7 Å². The van der Waals surface area contributed by atoms with Crippen molar-refractivity contribution in [2.45, 2.75) is 13.0 Å². The maximum atomic E-state index is 12.3. The Morgan fingerprint density at radius 2 is 2.05 bits per heavy atom. The molecule has 0 aliphatic rings. The maximum Gasteiger partial charge on any atom is 0.305 e. The highest BCUT2D eigenvalue weighted by Gasteiger charge is 2.11. The second kappa shape index (κ2) is 5.45. The molecule has 0 spiro atoms. The third-order valence-corrected chi connectivity index (χ3v) is 4.08. The molecule has 2 aromatic heterocycles. The first-order chi connectivity index (χ1) is 10.1. The van der Waals surface area contributed by atoms with Gasteiger partial charge in [0.05, 0.1) is 18.4 Å². The fraction of sp³-hybridized carbons (Fsp3) is 0.143. The third kappa shape index (κ3) is 2.68. The standard InChI is InChI=1S/C14H11N3O3S/c18-12(19)6-7-17-14(20)10-8-11(21-13(10)15-16-17)9-4-2-1-3-5-9/h1-5,8H,6-7H2,(H,18,19). The van der Waals surface area contributed by atoms with Crippen molar-refractivity contribution in [3.63, 3.8) is 0 Å². The Morgan fingerprint density at radius 3 is 2.76 bits per heavy atom. The molecule has 0 saturated carbocycles.